The van der Waals surface area contributed by atoms with Gasteiger partial charge in [-0.15, -0.1) is 0 Å². The standard InChI is InChI=1S/C28H25BrClN5O2S/c29-24-18-32-35-27(16-26(33-28(24)35)23-7-3-4-8-25(23)30)31-17-19-11-13-34(14-12-19)38(36,37)22-10-9-20-5-1-2-6-21(20)15-22/h1-10,15-16,18-19,31H,11-14,17H2. The number of sulfonamides is 1. The van der Waals surface area contributed by atoms with E-state index in [4.69, 9.17) is 16.6 Å². The van der Waals surface area contributed by atoms with Crippen LogP contribution in [0, 0.1) is 5.92 Å². The molecule has 2 aromatic heterocycles. The fraction of sp³-hybridized carbons (Fsp3) is 0.214. The number of fused-ring (bicyclic) bond motifs is 2. The molecule has 7 nitrogen and oxygen atoms in total. The Morgan fingerprint density at radius 2 is 1.71 bits per heavy atom. The quantitative estimate of drug-likeness (QED) is 0.238. The summed E-state index contributed by atoms with van der Waals surface area (Å²) in [6, 6.07) is 22.7. The Morgan fingerprint density at radius 3 is 2.50 bits per heavy atom. The molecule has 0 atom stereocenters. The van der Waals surface area contributed by atoms with Crippen molar-refractivity contribution in [3.63, 3.8) is 0 Å². The minimum atomic E-state index is -3.54. The van der Waals surface area contributed by atoms with Gasteiger partial charge in [-0.25, -0.2) is 13.4 Å². The SMILES string of the molecule is O=S(=O)(c1ccc2ccccc2c1)N1CCC(CNc2cc(-c3ccccc3Cl)nc3c(Br)cnn23)CC1. The Hall–Kier alpha value is -2.98. The minimum Gasteiger partial charge on any atom is -0.370 e. The third kappa shape index (κ3) is 4.80. The number of benzene rings is 3. The summed E-state index contributed by atoms with van der Waals surface area (Å²) in [5.74, 6) is 1.13. The molecule has 0 aliphatic carbocycles. The lowest BCUT2D eigenvalue weighted by molar-refractivity contribution is 0.282. The van der Waals surface area contributed by atoms with Crippen LogP contribution in [-0.4, -0.2) is 47.0 Å². The zero-order valence-corrected chi connectivity index (χ0v) is 23.5. The molecule has 0 saturated carbocycles. The molecule has 0 unspecified atom stereocenters. The molecule has 0 amide bonds. The van der Waals surface area contributed by atoms with Gasteiger partial charge in [0.05, 0.1) is 21.3 Å². The number of rotatable bonds is 6. The molecule has 0 spiro atoms. The van der Waals surface area contributed by atoms with Gasteiger partial charge in [-0.2, -0.15) is 13.9 Å². The van der Waals surface area contributed by atoms with Gasteiger partial charge in [0, 0.05) is 36.3 Å². The van der Waals surface area contributed by atoms with E-state index in [0.717, 1.165) is 45.2 Å². The van der Waals surface area contributed by atoms with Crippen LogP contribution in [0.1, 0.15) is 12.8 Å². The second-order valence-electron chi connectivity index (χ2n) is 9.47. The molecular formula is C28H25BrClN5O2S. The predicted molar refractivity (Wildman–Crippen MR) is 155 cm³/mol. The highest BCUT2D eigenvalue weighted by molar-refractivity contribution is 9.10. The molecule has 0 radical (unpaired) electrons. The molecule has 3 aromatic carbocycles. The highest BCUT2D eigenvalue weighted by Gasteiger charge is 2.29. The number of halogens is 2. The number of nitrogens with zero attached hydrogens (tertiary/aromatic N) is 4. The molecule has 38 heavy (non-hydrogen) atoms. The third-order valence-electron chi connectivity index (χ3n) is 7.08. The molecule has 1 N–H and O–H groups in total. The molecule has 194 valence electrons. The van der Waals surface area contributed by atoms with Gasteiger partial charge in [-0.1, -0.05) is 60.1 Å². The summed E-state index contributed by atoms with van der Waals surface area (Å²) in [5.41, 5.74) is 2.30. The second-order valence-corrected chi connectivity index (χ2v) is 12.7. The van der Waals surface area contributed by atoms with E-state index in [1.807, 2.05) is 60.7 Å². The van der Waals surface area contributed by atoms with E-state index in [0.29, 0.717) is 41.1 Å². The largest absolute Gasteiger partial charge is 0.370 e. The average molecular weight is 611 g/mol. The summed E-state index contributed by atoms with van der Waals surface area (Å²) in [6.07, 6.45) is 3.27. The first kappa shape index (κ1) is 25.3. The fourth-order valence-electron chi connectivity index (χ4n) is 4.95. The fourth-order valence-corrected chi connectivity index (χ4v) is 7.03. The lowest BCUT2D eigenvalue weighted by atomic mass is 9.98. The molecule has 1 fully saturated rings. The lowest BCUT2D eigenvalue weighted by Gasteiger charge is -2.31. The summed E-state index contributed by atoms with van der Waals surface area (Å²) in [7, 11) is -3.54. The Labute approximate surface area is 234 Å². The molecule has 5 aromatic rings. The van der Waals surface area contributed by atoms with Crippen LogP contribution in [0.5, 0.6) is 0 Å². The van der Waals surface area contributed by atoms with Crippen molar-refractivity contribution in [1.29, 1.82) is 0 Å². The zero-order valence-electron chi connectivity index (χ0n) is 20.4. The van der Waals surface area contributed by atoms with E-state index in [-0.39, 0.29) is 0 Å². The first-order chi connectivity index (χ1) is 18.4. The summed E-state index contributed by atoms with van der Waals surface area (Å²) in [5, 5.41) is 10.6. The van der Waals surface area contributed by atoms with Crippen LogP contribution in [0.15, 0.2) is 88.4 Å². The Bertz CT molecular complexity index is 1750. The second kappa shape index (κ2) is 10.3. The Morgan fingerprint density at radius 1 is 0.974 bits per heavy atom. The van der Waals surface area contributed by atoms with Crippen LogP contribution in [-0.2, 0) is 10.0 Å². The number of anilines is 1. The van der Waals surface area contributed by atoms with Gasteiger partial charge in [-0.3, -0.25) is 0 Å². The maximum atomic E-state index is 13.3. The van der Waals surface area contributed by atoms with Gasteiger partial charge in [0.2, 0.25) is 10.0 Å². The molecule has 0 bridgehead atoms. The number of nitrogens with one attached hydrogen (secondary N) is 1. The first-order valence-corrected chi connectivity index (χ1v) is 15.0. The Kier molecular flexibility index (Phi) is 6.86. The first-order valence-electron chi connectivity index (χ1n) is 12.4. The predicted octanol–water partition coefficient (Wildman–Crippen LogP) is 6.48. The third-order valence-corrected chi connectivity index (χ3v) is 9.87. The summed E-state index contributed by atoms with van der Waals surface area (Å²) < 4.78 is 30.9. The molecular weight excluding hydrogens is 586 g/mol. The number of hydrogen-bond acceptors (Lipinski definition) is 5. The van der Waals surface area contributed by atoms with Crippen molar-refractivity contribution < 1.29 is 8.42 Å². The monoisotopic (exact) mass is 609 g/mol. The average Bonchev–Trinajstić information content (AvgIpc) is 3.32. The van der Waals surface area contributed by atoms with Crippen molar-refractivity contribution in [3.8, 4) is 11.3 Å². The van der Waals surface area contributed by atoms with E-state index < -0.39 is 10.0 Å². The smallest absolute Gasteiger partial charge is 0.243 e. The van der Waals surface area contributed by atoms with Crippen LogP contribution >= 0.6 is 27.5 Å². The van der Waals surface area contributed by atoms with Gasteiger partial charge in [0.15, 0.2) is 5.65 Å². The maximum absolute atomic E-state index is 13.3. The van der Waals surface area contributed by atoms with E-state index in [2.05, 4.69) is 26.3 Å². The number of piperidine rings is 1. The topological polar surface area (TPSA) is 79.6 Å². The van der Waals surface area contributed by atoms with Crippen molar-refractivity contribution in [2.45, 2.75) is 17.7 Å². The van der Waals surface area contributed by atoms with E-state index in [1.54, 1.807) is 27.2 Å². The van der Waals surface area contributed by atoms with Crippen LogP contribution in [0.25, 0.3) is 27.7 Å². The lowest BCUT2D eigenvalue weighted by Crippen LogP contribution is -2.39. The van der Waals surface area contributed by atoms with Gasteiger partial charge < -0.3 is 5.32 Å². The van der Waals surface area contributed by atoms with Crippen LogP contribution in [0.3, 0.4) is 0 Å². The van der Waals surface area contributed by atoms with Gasteiger partial charge in [-0.05, 0) is 63.7 Å². The molecule has 1 aliphatic rings. The maximum Gasteiger partial charge on any atom is 0.243 e. The van der Waals surface area contributed by atoms with Gasteiger partial charge >= 0.3 is 0 Å². The van der Waals surface area contributed by atoms with E-state index in [1.165, 1.54) is 0 Å². The summed E-state index contributed by atoms with van der Waals surface area (Å²) in [4.78, 5) is 5.11. The van der Waals surface area contributed by atoms with E-state index >= 15 is 0 Å². The number of aromatic nitrogens is 3. The van der Waals surface area contributed by atoms with Crippen molar-refractivity contribution in [3.05, 3.63) is 88.5 Å². The van der Waals surface area contributed by atoms with Crippen molar-refractivity contribution in [2.24, 2.45) is 5.92 Å². The van der Waals surface area contributed by atoms with Crippen molar-refractivity contribution >= 4 is 59.8 Å². The van der Waals surface area contributed by atoms with E-state index in [9.17, 15) is 8.42 Å². The van der Waals surface area contributed by atoms with Crippen LogP contribution < -0.4 is 5.32 Å². The van der Waals surface area contributed by atoms with Crippen molar-refractivity contribution in [2.75, 3.05) is 25.0 Å². The Balaban J connectivity index is 1.16. The molecule has 3 heterocycles. The highest BCUT2D eigenvalue weighted by Crippen LogP contribution is 2.31. The van der Waals surface area contributed by atoms with Crippen LogP contribution in [0.2, 0.25) is 5.02 Å². The molecule has 1 aliphatic heterocycles. The molecule has 6 rings (SSSR count). The van der Waals surface area contributed by atoms with Gasteiger partial charge in [0.1, 0.15) is 5.82 Å². The zero-order chi connectivity index (χ0) is 26.3. The van der Waals surface area contributed by atoms with Crippen molar-refractivity contribution in [1.82, 2.24) is 18.9 Å². The minimum absolute atomic E-state index is 0.323. The summed E-state index contributed by atoms with van der Waals surface area (Å²) in [6.45, 7) is 1.68. The molecule has 1 saturated heterocycles. The normalized spacial score (nSPS) is 15.3. The van der Waals surface area contributed by atoms with Gasteiger partial charge in [0.25, 0.3) is 0 Å². The number of hydrogen-bond donors (Lipinski definition) is 1. The summed E-state index contributed by atoms with van der Waals surface area (Å²) >= 11 is 9.99. The molecule has 10 heteroatoms. The highest BCUT2D eigenvalue weighted by atomic mass is 79.9. The van der Waals surface area contributed by atoms with Crippen LogP contribution in [0.4, 0.5) is 5.82 Å².